The molecular weight excluding hydrogens is 324 g/mol. The van der Waals surface area contributed by atoms with E-state index in [-0.39, 0.29) is 0 Å². The van der Waals surface area contributed by atoms with E-state index in [1.807, 2.05) is 0 Å². The summed E-state index contributed by atoms with van der Waals surface area (Å²) in [7, 11) is 0. The summed E-state index contributed by atoms with van der Waals surface area (Å²) in [6.07, 6.45) is 32.3. The second-order valence-electron chi connectivity index (χ2n) is 10.1. The van der Waals surface area contributed by atoms with E-state index in [2.05, 4.69) is 33.4 Å². The maximum Gasteiger partial charge on any atom is -0.0353 e. The van der Waals surface area contributed by atoms with E-state index >= 15 is 0 Å². The van der Waals surface area contributed by atoms with Gasteiger partial charge in [0.15, 0.2) is 0 Å². The standard InChI is InChI=1S/C27H54/c1-5-6-7-8-9-10-11-12-13-14-15-16-17-18-19-20-21-22-23-24-25-26-27(2,3)4/h5H,1,6-26H2,2-4H3. The van der Waals surface area contributed by atoms with Crippen LogP contribution in [0.4, 0.5) is 0 Å². The molecule has 0 saturated carbocycles. The molecule has 0 aliphatic carbocycles. The fraction of sp³-hybridized carbons (Fsp3) is 0.926. The highest BCUT2D eigenvalue weighted by atomic mass is 14.1. The zero-order chi connectivity index (χ0) is 20.1. The van der Waals surface area contributed by atoms with Crippen molar-refractivity contribution in [2.75, 3.05) is 0 Å². The number of allylic oxidation sites excluding steroid dienone is 1. The summed E-state index contributed by atoms with van der Waals surface area (Å²) in [5, 5.41) is 0. The molecule has 0 amide bonds. The van der Waals surface area contributed by atoms with Gasteiger partial charge in [0, 0.05) is 0 Å². The average molecular weight is 379 g/mol. The molecule has 0 nitrogen and oxygen atoms in total. The van der Waals surface area contributed by atoms with E-state index in [1.54, 1.807) is 0 Å². The van der Waals surface area contributed by atoms with Crippen LogP contribution in [0.1, 0.15) is 156 Å². The van der Waals surface area contributed by atoms with E-state index in [0.717, 1.165) is 0 Å². The van der Waals surface area contributed by atoms with E-state index in [4.69, 9.17) is 0 Å². The Bertz CT molecular complexity index is 283. The highest BCUT2D eigenvalue weighted by molar-refractivity contribution is 4.65. The van der Waals surface area contributed by atoms with Gasteiger partial charge in [-0.1, -0.05) is 142 Å². The van der Waals surface area contributed by atoms with Crippen LogP contribution in [0.2, 0.25) is 0 Å². The lowest BCUT2D eigenvalue weighted by molar-refractivity contribution is 0.356. The lowest BCUT2D eigenvalue weighted by Crippen LogP contribution is -2.03. The molecule has 0 aromatic heterocycles. The molecule has 0 aliphatic heterocycles. The lowest BCUT2D eigenvalue weighted by atomic mass is 9.89. The fourth-order valence-corrected chi connectivity index (χ4v) is 3.95. The summed E-state index contributed by atoms with van der Waals surface area (Å²) >= 11 is 0. The molecule has 0 rings (SSSR count). The van der Waals surface area contributed by atoms with Crippen molar-refractivity contribution in [1.29, 1.82) is 0 Å². The summed E-state index contributed by atoms with van der Waals surface area (Å²) in [5.41, 5.74) is 0.533. The summed E-state index contributed by atoms with van der Waals surface area (Å²) < 4.78 is 0. The highest BCUT2D eigenvalue weighted by Gasteiger charge is 2.08. The minimum absolute atomic E-state index is 0.533. The predicted molar refractivity (Wildman–Crippen MR) is 127 cm³/mol. The molecule has 0 atom stereocenters. The van der Waals surface area contributed by atoms with E-state index in [0.29, 0.717) is 5.41 Å². The Hall–Kier alpha value is -0.260. The van der Waals surface area contributed by atoms with Crippen LogP contribution in [0.5, 0.6) is 0 Å². The van der Waals surface area contributed by atoms with Crippen LogP contribution in [0.15, 0.2) is 12.7 Å². The van der Waals surface area contributed by atoms with Gasteiger partial charge in [-0.3, -0.25) is 0 Å². The molecule has 0 aromatic rings. The quantitative estimate of drug-likeness (QED) is 0.138. The number of hydrogen-bond acceptors (Lipinski definition) is 0. The van der Waals surface area contributed by atoms with Crippen LogP contribution >= 0.6 is 0 Å². The second kappa shape index (κ2) is 20.5. The Morgan fingerprint density at radius 3 is 0.963 bits per heavy atom. The van der Waals surface area contributed by atoms with E-state index < -0.39 is 0 Å². The molecule has 0 radical (unpaired) electrons. The molecule has 0 spiro atoms. The Balaban J connectivity index is 3.02. The van der Waals surface area contributed by atoms with E-state index in [9.17, 15) is 0 Å². The summed E-state index contributed by atoms with van der Waals surface area (Å²) in [4.78, 5) is 0. The third-order valence-electron chi connectivity index (χ3n) is 5.84. The van der Waals surface area contributed by atoms with Gasteiger partial charge in [0.25, 0.3) is 0 Å². The van der Waals surface area contributed by atoms with Crippen molar-refractivity contribution in [2.24, 2.45) is 5.41 Å². The molecule has 0 aromatic carbocycles. The van der Waals surface area contributed by atoms with Crippen LogP contribution in [0.25, 0.3) is 0 Å². The predicted octanol–water partition coefficient (Wildman–Crippen LogP) is 10.4. The second-order valence-corrected chi connectivity index (χ2v) is 10.1. The minimum atomic E-state index is 0.533. The molecule has 0 N–H and O–H groups in total. The van der Waals surface area contributed by atoms with Crippen LogP contribution in [-0.2, 0) is 0 Å². The summed E-state index contributed by atoms with van der Waals surface area (Å²) in [5.74, 6) is 0. The number of hydrogen-bond donors (Lipinski definition) is 0. The van der Waals surface area contributed by atoms with Crippen molar-refractivity contribution in [3.05, 3.63) is 12.7 Å². The van der Waals surface area contributed by atoms with Gasteiger partial charge in [-0.15, -0.1) is 6.58 Å². The van der Waals surface area contributed by atoms with Gasteiger partial charge in [-0.05, 0) is 24.7 Å². The van der Waals surface area contributed by atoms with Gasteiger partial charge >= 0.3 is 0 Å². The van der Waals surface area contributed by atoms with Crippen LogP contribution in [0.3, 0.4) is 0 Å². The molecule has 0 fully saturated rings. The normalized spacial score (nSPS) is 11.8. The van der Waals surface area contributed by atoms with Crippen LogP contribution in [0, 0.1) is 5.41 Å². The zero-order valence-corrected chi connectivity index (χ0v) is 19.6. The van der Waals surface area contributed by atoms with Crippen molar-refractivity contribution in [3.63, 3.8) is 0 Å². The zero-order valence-electron chi connectivity index (χ0n) is 19.6. The van der Waals surface area contributed by atoms with Crippen molar-refractivity contribution >= 4 is 0 Å². The molecule has 27 heavy (non-hydrogen) atoms. The van der Waals surface area contributed by atoms with Crippen LogP contribution < -0.4 is 0 Å². The summed E-state index contributed by atoms with van der Waals surface area (Å²) in [6.45, 7) is 10.9. The Kier molecular flexibility index (Phi) is 20.3. The van der Waals surface area contributed by atoms with Gasteiger partial charge in [-0.2, -0.15) is 0 Å². The van der Waals surface area contributed by atoms with Gasteiger partial charge in [-0.25, -0.2) is 0 Å². The maximum atomic E-state index is 3.79. The average Bonchev–Trinajstić information content (AvgIpc) is 2.62. The first-order valence-corrected chi connectivity index (χ1v) is 12.7. The van der Waals surface area contributed by atoms with Gasteiger partial charge in [0.05, 0.1) is 0 Å². The molecule has 0 aliphatic rings. The molecular formula is C27H54. The monoisotopic (exact) mass is 378 g/mol. The van der Waals surface area contributed by atoms with Gasteiger partial charge in [0.2, 0.25) is 0 Å². The van der Waals surface area contributed by atoms with Crippen molar-refractivity contribution < 1.29 is 0 Å². The smallest absolute Gasteiger partial charge is 0.0353 e. The minimum Gasteiger partial charge on any atom is -0.103 e. The molecule has 0 saturated heterocycles. The first-order valence-electron chi connectivity index (χ1n) is 12.7. The van der Waals surface area contributed by atoms with Gasteiger partial charge < -0.3 is 0 Å². The SMILES string of the molecule is C=CCCCCCCCCCCCCCCCCCCCCCC(C)(C)C. The number of unbranched alkanes of at least 4 members (excludes halogenated alkanes) is 19. The molecule has 0 bridgehead atoms. The van der Waals surface area contributed by atoms with Crippen molar-refractivity contribution in [2.45, 2.75) is 156 Å². The van der Waals surface area contributed by atoms with Crippen molar-refractivity contribution in [3.8, 4) is 0 Å². The third-order valence-corrected chi connectivity index (χ3v) is 5.84. The highest BCUT2D eigenvalue weighted by Crippen LogP contribution is 2.22. The number of rotatable bonds is 21. The molecule has 0 heteroatoms. The van der Waals surface area contributed by atoms with Crippen LogP contribution in [-0.4, -0.2) is 0 Å². The lowest BCUT2D eigenvalue weighted by Gasteiger charge is -2.17. The Morgan fingerprint density at radius 1 is 0.444 bits per heavy atom. The molecule has 0 heterocycles. The topological polar surface area (TPSA) is 0 Å². The largest absolute Gasteiger partial charge is 0.103 e. The molecule has 0 unspecified atom stereocenters. The maximum absolute atomic E-state index is 3.79. The first kappa shape index (κ1) is 26.7. The first-order chi connectivity index (χ1) is 13.1. The fourth-order valence-electron chi connectivity index (χ4n) is 3.95. The Morgan fingerprint density at radius 2 is 0.704 bits per heavy atom. The Labute approximate surface area is 174 Å². The third kappa shape index (κ3) is 25.7. The summed E-state index contributed by atoms with van der Waals surface area (Å²) in [6, 6.07) is 0. The van der Waals surface area contributed by atoms with Gasteiger partial charge in [0.1, 0.15) is 0 Å². The van der Waals surface area contributed by atoms with E-state index in [1.165, 1.54) is 135 Å². The van der Waals surface area contributed by atoms with Crippen molar-refractivity contribution in [1.82, 2.24) is 0 Å². The molecule has 162 valence electrons.